The molecule has 1 aliphatic carbocycles. The van der Waals surface area contributed by atoms with Gasteiger partial charge in [-0.2, -0.15) is 0 Å². The van der Waals surface area contributed by atoms with E-state index < -0.39 is 0 Å². The smallest absolute Gasteiger partial charge is 0.0462 e. The first-order valence-corrected chi connectivity index (χ1v) is 20.2. The van der Waals surface area contributed by atoms with Gasteiger partial charge < -0.3 is 4.90 Å². The van der Waals surface area contributed by atoms with E-state index in [9.17, 15) is 0 Å². The minimum Gasteiger partial charge on any atom is -0.311 e. The second kappa shape index (κ2) is 14.7. The number of hydrogen-bond acceptors (Lipinski definition) is 1. The Hall–Kier alpha value is -7.22. The molecule has 0 unspecified atom stereocenters. The van der Waals surface area contributed by atoms with Gasteiger partial charge in [0.1, 0.15) is 0 Å². The fourth-order valence-electron chi connectivity index (χ4n) is 8.76. The minimum atomic E-state index is -0.0623. The van der Waals surface area contributed by atoms with Crippen LogP contribution in [0.25, 0.3) is 66.8 Å². The number of benzene rings is 9. The van der Waals surface area contributed by atoms with Crippen LogP contribution in [0.4, 0.5) is 17.1 Å². The van der Waals surface area contributed by atoms with E-state index in [4.69, 9.17) is 0 Å². The Bertz CT molecular complexity index is 2770. The van der Waals surface area contributed by atoms with Gasteiger partial charge in [0.2, 0.25) is 0 Å². The van der Waals surface area contributed by atoms with Crippen molar-refractivity contribution in [3.05, 3.63) is 236 Å². The fourth-order valence-corrected chi connectivity index (χ4v) is 8.76. The maximum absolute atomic E-state index is 2.43. The van der Waals surface area contributed by atoms with E-state index in [1.165, 1.54) is 77.9 Å². The Balaban J connectivity index is 1.04. The van der Waals surface area contributed by atoms with Gasteiger partial charge in [-0.05, 0) is 139 Å². The molecular weight excluding hydrogens is 699 g/mol. The van der Waals surface area contributed by atoms with Gasteiger partial charge in [0.25, 0.3) is 0 Å². The largest absolute Gasteiger partial charge is 0.311 e. The van der Waals surface area contributed by atoms with Crippen LogP contribution in [0.2, 0.25) is 0 Å². The predicted octanol–water partition coefficient (Wildman–Crippen LogP) is 15.8. The molecule has 276 valence electrons. The van der Waals surface area contributed by atoms with Crippen LogP contribution in [0.3, 0.4) is 0 Å². The van der Waals surface area contributed by atoms with Gasteiger partial charge in [0.05, 0.1) is 0 Å². The number of hydrogen-bond donors (Lipinski definition) is 0. The SMILES string of the molecule is CC1(C)c2ccccc2-c2ccc(-c3cc(-c4ccccc4)cc(-c4ccc(N(c5ccc(-c6ccccc6)cc5)c5ccc(-c6ccccc6)cc5)cc4)c3)cc21. The summed E-state index contributed by atoms with van der Waals surface area (Å²) in [7, 11) is 0. The molecule has 0 fully saturated rings. The third-order valence-corrected chi connectivity index (χ3v) is 11.9. The molecule has 10 rings (SSSR count). The monoisotopic (exact) mass is 741 g/mol. The molecule has 0 aromatic heterocycles. The second-order valence-corrected chi connectivity index (χ2v) is 15.8. The average Bonchev–Trinajstić information content (AvgIpc) is 3.53. The van der Waals surface area contributed by atoms with Crippen molar-refractivity contribution in [2.75, 3.05) is 4.90 Å². The Kier molecular flexibility index (Phi) is 8.92. The summed E-state index contributed by atoms with van der Waals surface area (Å²) in [6.45, 7) is 4.71. The summed E-state index contributed by atoms with van der Waals surface area (Å²) in [6, 6.07) is 81.7. The van der Waals surface area contributed by atoms with E-state index >= 15 is 0 Å². The van der Waals surface area contributed by atoms with Gasteiger partial charge in [-0.25, -0.2) is 0 Å². The van der Waals surface area contributed by atoms with E-state index in [1.807, 2.05) is 0 Å². The summed E-state index contributed by atoms with van der Waals surface area (Å²) >= 11 is 0. The molecule has 0 bridgehead atoms. The highest BCUT2D eigenvalue weighted by Gasteiger charge is 2.35. The lowest BCUT2D eigenvalue weighted by molar-refractivity contribution is 0.660. The van der Waals surface area contributed by atoms with Gasteiger partial charge in [-0.15, -0.1) is 0 Å². The van der Waals surface area contributed by atoms with Gasteiger partial charge in [-0.1, -0.05) is 178 Å². The van der Waals surface area contributed by atoms with Crippen molar-refractivity contribution in [3.63, 3.8) is 0 Å². The maximum Gasteiger partial charge on any atom is 0.0462 e. The number of nitrogens with zero attached hydrogens (tertiary/aromatic N) is 1. The molecule has 1 aliphatic rings. The van der Waals surface area contributed by atoms with Crippen molar-refractivity contribution in [3.8, 4) is 66.8 Å². The zero-order chi connectivity index (χ0) is 39.1. The summed E-state index contributed by atoms with van der Waals surface area (Å²) in [5, 5.41) is 0. The highest BCUT2D eigenvalue weighted by atomic mass is 15.1. The zero-order valence-electron chi connectivity index (χ0n) is 32.8. The predicted molar refractivity (Wildman–Crippen MR) is 246 cm³/mol. The highest BCUT2D eigenvalue weighted by molar-refractivity contribution is 5.87. The Morgan fingerprint density at radius 1 is 0.259 bits per heavy atom. The van der Waals surface area contributed by atoms with E-state index in [2.05, 4.69) is 243 Å². The highest BCUT2D eigenvalue weighted by Crippen LogP contribution is 2.50. The van der Waals surface area contributed by atoms with Crippen LogP contribution in [0, 0.1) is 0 Å². The van der Waals surface area contributed by atoms with Gasteiger partial charge >= 0.3 is 0 Å². The molecule has 0 radical (unpaired) electrons. The van der Waals surface area contributed by atoms with Crippen molar-refractivity contribution in [2.24, 2.45) is 0 Å². The zero-order valence-corrected chi connectivity index (χ0v) is 32.8. The molecule has 0 amide bonds. The third kappa shape index (κ3) is 6.51. The summed E-state index contributed by atoms with van der Waals surface area (Å²) in [5.74, 6) is 0. The van der Waals surface area contributed by atoms with Crippen LogP contribution in [0.15, 0.2) is 224 Å². The minimum absolute atomic E-state index is 0.0623. The van der Waals surface area contributed by atoms with Gasteiger partial charge in [-0.3, -0.25) is 0 Å². The Morgan fingerprint density at radius 2 is 0.586 bits per heavy atom. The van der Waals surface area contributed by atoms with Crippen LogP contribution in [0.5, 0.6) is 0 Å². The first kappa shape index (κ1) is 35.2. The number of fused-ring (bicyclic) bond motifs is 3. The molecule has 58 heavy (non-hydrogen) atoms. The third-order valence-electron chi connectivity index (χ3n) is 11.9. The van der Waals surface area contributed by atoms with E-state index in [0.29, 0.717) is 0 Å². The van der Waals surface area contributed by atoms with Crippen LogP contribution in [-0.2, 0) is 5.41 Å². The topological polar surface area (TPSA) is 3.24 Å². The Morgan fingerprint density at radius 3 is 1.05 bits per heavy atom. The normalized spacial score (nSPS) is 12.4. The van der Waals surface area contributed by atoms with Crippen molar-refractivity contribution < 1.29 is 0 Å². The molecule has 0 atom stereocenters. The standard InChI is InChI=1S/C57H43N/c1-57(2)55-21-13-12-20-53(55)54-35-28-46(39-56(54)57)49-37-47(42-18-10-5-11-19-42)36-48(38-49)45-26-33-52(34-27-45)58(50-29-22-43(23-30-50)40-14-6-3-7-15-40)51-31-24-44(25-32-51)41-16-8-4-9-17-41/h3-39H,1-2H3. The molecular formula is C57H43N. The molecule has 1 heteroatoms. The fraction of sp³-hybridized carbons (Fsp3) is 0.0526. The van der Waals surface area contributed by atoms with Gasteiger partial charge in [0.15, 0.2) is 0 Å². The van der Waals surface area contributed by atoms with Gasteiger partial charge in [0, 0.05) is 22.5 Å². The summed E-state index contributed by atoms with van der Waals surface area (Å²) in [6.07, 6.45) is 0. The van der Waals surface area contributed by atoms with E-state index in [1.54, 1.807) is 0 Å². The van der Waals surface area contributed by atoms with Crippen LogP contribution < -0.4 is 4.90 Å². The summed E-state index contributed by atoms with van der Waals surface area (Å²) in [4.78, 5) is 2.35. The quantitative estimate of drug-likeness (QED) is 0.150. The second-order valence-electron chi connectivity index (χ2n) is 15.8. The Labute approximate surface area is 342 Å². The molecule has 0 heterocycles. The van der Waals surface area contributed by atoms with Crippen molar-refractivity contribution >= 4 is 17.1 Å². The molecule has 0 spiro atoms. The molecule has 0 N–H and O–H groups in total. The molecule has 0 saturated carbocycles. The molecule has 9 aromatic carbocycles. The van der Waals surface area contributed by atoms with Crippen LogP contribution in [-0.4, -0.2) is 0 Å². The number of anilines is 3. The van der Waals surface area contributed by atoms with E-state index in [0.717, 1.165) is 17.1 Å². The van der Waals surface area contributed by atoms with Crippen LogP contribution in [0.1, 0.15) is 25.0 Å². The lowest BCUT2D eigenvalue weighted by atomic mass is 9.81. The van der Waals surface area contributed by atoms with E-state index in [-0.39, 0.29) is 5.41 Å². The van der Waals surface area contributed by atoms with Crippen molar-refractivity contribution in [1.82, 2.24) is 0 Å². The molecule has 1 nitrogen and oxygen atoms in total. The first-order valence-electron chi connectivity index (χ1n) is 20.2. The summed E-state index contributed by atoms with van der Waals surface area (Å²) in [5.41, 5.74) is 20.8. The summed E-state index contributed by atoms with van der Waals surface area (Å²) < 4.78 is 0. The molecule has 0 aliphatic heterocycles. The maximum atomic E-state index is 2.43. The van der Waals surface area contributed by atoms with Crippen molar-refractivity contribution in [2.45, 2.75) is 19.3 Å². The number of rotatable bonds is 8. The lowest BCUT2D eigenvalue weighted by Gasteiger charge is -2.26. The average molecular weight is 742 g/mol. The first-order chi connectivity index (χ1) is 28.5. The van der Waals surface area contributed by atoms with Crippen LogP contribution >= 0.6 is 0 Å². The lowest BCUT2D eigenvalue weighted by Crippen LogP contribution is -2.14. The molecule has 0 saturated heterocycles. The van der Waals surface area contributed by atoms with Crippen molar-refractivity contribution in [1.29, 1.82) is 0 Å². The molecule has 9 aromatic rings.